The van der Waals surface area contributed by atoms with Crippen LogP contribution in [0.2, 0.25) is 0 Å². The van der Waals surface area contributed by atoms with Crippen LogP contribution in [0.25, 0.3) is 0 Å². The molecule has 0 bridgehead atoms. The van der Waals surface area contributed by atoms with Gasteiger partial charge in [-0.3, -0.25) is 19.2 Å². The number of unbranched alkanes of at least 4 members (excludes halogenated alkanes) is 1. The van der Waals surface area contributed by atoms with Crippen LogP contribution in [-0.4, -0.2) is 70.6 Å². The summed E-state index contributed by atoms with van der Waals surface area (Å²) in [5.74, 6) is -5.34. The standard InChI is InChI=1S/C21H39N5O7/c1-11(2)9-15(21(32)33)25-19(30)14(10-16(27)28)24-20(31)17(12(3)4)26-18(29)13(23)7-5-6-8-22/h11-15,17H,5-10,22-23H2,1-4H3,(H,24,31)(H,25,30)(H,26,29)(H,27,28)(H,32,33). The van der Waals surface area contributed by atoms with Crippen LogP contribution in [0.5, 0.6) is 0 Å². The molecule has 0 aromatic carbocycles. The van der Waals surface area contributed by atoms with Crippen LogP contribution < -0.4 is 27.4 Å². The molecule has 9 N–H and O–H groups in total. The fourth-order valence-electron chi connectivity index (χ4n) is 3.05. The van der Waals surface area contributed by atoms with Crippen LogP contribution in [0.4, 0.5) is 0 Å². The van der Waals surface area contributed by atoms with Gasteiger partial charge in [0.2, 0.25) is 17.7 Å². The Labute approximate surface area is 194 Å². The van der Waals surface area contributed by atoms with E-state index in [0.29, 0.717) is 25.8 Å². The molecule has 190 valence electrons. The maximum absolute atomic E-state index is 12.8. The van der Waals surface area contributed by atoms with E-state index in [9.17, 15) is 29.1 Å². The molecule has 12 heteroatoms. The fraction of sp³-hybridized carbons (Fsp3) is 0.762. The minimum atomic E-state index is -1.53. The first-order valence-corrected chi connectivity index (χ1v) is 11.1. The van der Waals surface area contributed by atoms with Crippen molar-refractivity contribution >= 4 is 29.7 Å². The predicted octanol–water partition coefficient (Wildman–Crippen LogP) is -0.841. The van der Waals surface area contributed by atoms with Crippen molar-refractivity contribution in [1.82, 2.24) is 16.0 Å². The number of hydrogen-bond acceptors (Lipinski definition) is 7. The van der Waals surface area contributed by atoms with Crippen molar-refractivity contribution in [2.75, 3.05) is 6.54 Å². The highest BCUT2D eigenvalue weighted by Crippen LogP contribution is 2.08. The zero-order valence-electron chi connectivity index (χ0n) is 19.8. The molecule has 4 unspecified atom stereocenters. The van der Waals surface area contributed by atoms with Crippen LogP contribution >= 0.6 is 0 Å². The van der Waals surface area contributed by atoms with Gasteiger partial charge in [-0.1, -0.05) is 34.1 Å². The van der Waals surface area contributed by atoms with Crippen molar-refractivity contribution < 1.29 is 34.2 Å². The van der Waals surface area contributed by atoms with Gasteiger partial charge in [-0.05, 0) is 37.6 Å². The molecule has 0 aliphatic heterocycles. The summed E-state index contributed by atoms with van der Waals surface area (Å²) >= 11 is 0. The summed E-state index contributed by atoms with van der Waals surface area (Å²) in [5.41, 5.74) is 11.3. The molecule has 0 aliphatic carbocycles. The van der Waals surface area contributed by atoms with Gasteiger partial charge in [0.1, 0.15) is 18.1 Å². The maximum atomic E-state index is 12.8. The second kappa shape index (κ2) is 15.2. The Kier molecular flexibility index (Phi) is 13.9. The van der Waals surface area contributed by atoms with Crippen molar-refractivity contribution in [1.29, 1.82) is 0 Å². The largest absolute Gasteiger partial charge is 0.481 e. The Hall–Kier alpha value is -2.73. The molecule has 0 aromatic heterocycles. The van der Waals surface area contributed by atoms with E-state index in [-0.39, 0.29) is 12.3 Å². The molecule has 0 saturated heterocycles. The summed E-state index contributed by atoms with van der Waals surface area (Å²) in [7, 11) is 0. The van der Waals surface area contributed by atoms with Gasteiger partial charge in [-0.2, -0.15) is 0 Å². The van der Waals surface area contributed by atoms with Crippen LogP contribution in [0.1, 0.15) is 59.8 Å². The quantitative estimate of drug-likeness (QED) is 0.139. The summed E-state index contributed by atoms with van der Waals surface area (Å²) in [6.07, 6.45) is 1.09. The van der Waals surface area contributed by atoms with Crippen molar-refractivity contribution in [3.8, 4) is 0 Å². The number of carbonyl (C=O) groups excluding carboxylic acids is 3. The van der Waals surface area contributed by atoms with E-state index in [4.69, 9.17) is 16.6 Å². The summed E-state index contributed by atoms with van der Waals surface area (Å²) < 4.78 is 0. The lowest BCUT2D eigenvalue weighted by Gasteiger charge is -2.26. The normalized spacial score (nSPS) is 14.8. The molecular weight excluding hydrogens is 434 g/mol. The molecule has 33 heavy (non-hydrogen) atoms. The molecule has 3 amide bonds. The molecule has 4 atom stereocenters. The first-order chi connectivity index (χ1) is 15.3. The van der Waals surface area contributed by atoms with Gasteiger partial charge in [-0.25, -0.2) is 4.79 Å². The molecule has 0 radical (unpaired) electrons. The highest BCUT2D eigenvalue weighted by atomic mass is 16.4. The Morgan fingerprint density at radius 3 is 1.85 bits per heavy atom. The second-order valence-corrected chi connectivity index (χ2v) is 8.81. The zero-order chi connectivity index (χ0) is 25.7. The number of carboxylic acids is 2. The summed E-state index contributed by atoms with van der Waals surface area (Å²) in [6, 6.07) is -4.69. The summed E-state index contributed by atoms with van der Waals surface area (Å²) in [4.78, 5) is 60.5. The highest BCUT2D eigenvalue weighted by molar-refractivity contribution is 5.95. The van der Waals surface area contributed by atoms with Crippen LogP contribution in [-0.2, 0) is 24.0 Å². The Morgan fingerprint density at radius 2 is 1.39 bits per heavy atom. The molecule has 0 rings (SSSR count). The van der Waals surface area contributed by atoms with Gasteiger partial charge < -0.3 is 37.6 Å². The second-order valence-electron chi connectivity index (χ2n) is 8.81. The van der Waals surface area contributed by atoms with Gasteiger partial charge in [0.25, 0.3) is 0 Å². The lowest BCUT2D eigenvalue weighted by atomic mass is 10.0. The molecule has 0 aromatic rings. The molecule has 12 nitrogen and oxygen atoms in total. The van der Waals surface area contributed by atoms with E-state index >= 15 is 0 Å². The number of amides is 3. The van der Waals surface area contributed by atoms with Crippen molar-refractivity contribution in [3.05, 3.63) is 0 Å². The van der Waals surface area contributed by atoms with E-state index in [1.54, 1.807) is 27.7 Å². The lowest BCUT2D eigenvalue weighted by molar-refractivity contribution is -0.144. The van der Waals surface area contributed by atoms with Gasteiger partial charge in [0, 0.05) is 0 Å². The van der Waals surface area contributed by atoms with Gasteiger partial charge in [0.15, 0.2) is 0 Å². The fourth-order valence-corrected chi connectivity index (χ4v) is 3.05. The van der Waals surface area contributed by atoms with Crippen LogP contribution in [0, 0.1) is 11.8 Å². The molecule has 0 fully saturated rings. The van der Waals surface area contributed by atoms with Gasteiger partial charge >= 0.3 is 11.9 Å². The van der Waals surface area contributed by atoms with Crippen molar-refractivity contribution in [3.63, 3.8) is 0 Å². The number of hydrogen-bond donors (Lipinski definition) is 7. The minimum Gasteiger partial charge on any atom is -0.481 e. The third-order valence-corrected chi connectivity index (χ3v) is 4.89. The summed E-state index contributed by atoms with van der Waals surface area (Å²) in [6.45, 7) is 7.35. The third-order valence-electron chi connectivity index (χ3n) is 4.89. The third kappa shape index (κ3) is 12.2. The number of nitrogens with one attached hydrogen (secondary N) is 3. The van der Waals surface area contributed by atoms with E-state index in [1.165, 1.54) is 0 Å². The van der Waals surface area contributed by atoms with Gasteiger partial charge in [-0.15, -0.1) is 0 Å². The van der Waals surface area contributed by atoms with Gasteiger partial charge in [0.05, 0.1) is 12.5 Å². The molecule has 0 spiro atoms. The average Bonchev–Trinajstić information content (AvgIpc) is 2.69. The number of nitrogens with two attached hydrogens (primary N) is 2. The average molecular weight is 474 g/mol. The lowest BCUT2D eigenvalue weighted by Crippen LogP contribution is -2.58. The number of aliphatic carboxylic acids is 2. The van der Waals surface area contributed by atoms with E-state index < -0.39 is 66.2 Å². The van der Waals surface area contributed by atoms with Crippen LogP contribution in [0.15, 0.2) is 0 Å². The first kappa shape index (κ1) is 30.3. The molecular formula is C21H39N5O7. The number of carboxylic acid groups (broad SMARTS) is 2. The SMILES string of the molecule is CC(C)CC(NC(=O)C(CC(=O)O)NC(=O)C(NC(=O)C(N)CCCCN)C(C)C)C(=O)O. The number of carbonyl (C=O) groups is 5. The first-order valence-electron chi connectivity index (χ1n) is 11.1. The molecule has 0 heterocycles. The highest BCUT2D eigenvalue weighted by Gasteiger charge is 2.32. The number of rotatable bonds is 16. The van der Waals surface area contributed by atoms with Crippen molar-refractivity contribution in [2.45, 2.75) is 84.0 Å². The summed E-state index contributed by atoms with van der Waals surface area (Å²) in [5, 5.41) is 25.6. The monoisotopic (exact) mass is 473 g/mol. The van der Waals surface area contributed by atoms with Crippen molar-refractivity contribution in [2.24, 2.45) is 23.3 Å². The van der Waals surface area contributed by atoms with E-state index in [1.807, 2.05) is 0 Å². The Morgan fingerprint density at radius 1 is 0.818 bits per heavy atom. The van der Waals surface area contributed by atoms with E-state index in [0.717, 1.165) is 0 Å². The smallest absolute Gasteiger partial charge is 0.326 e. The maximum Gasteiger partial charge on any atom is 0.326 e. The zero-order valence-corrected chi connectivity index (χ0v) is 19.8. The topological polar surface area (TPSA) is 214 Å². The predicted molar refractivity (Wildman–Crippen MR) is 121 cm³/mol. The van der Waals surface area contributed by atoms with Crippen LogP contribution in [0.3, 0.4) is 0 Å². The molecule has 0 saturated carbocycles. The molecule has 0 aliphatic rings. The van der Waals surface area contributed by atoms with E-state index in [2.05, 4.69) is 16.0 Å². The Balaban J connectivity index is 5.36. The minimum absolute atomic E-state index is 0.0477. The Bertz CT molecular complexity index is 684.